The number of carbonyl (C=O) groups excluding carboxylic acids is 2. The van der Waals surface area contributed by atoms with E-state index >= 15 is 0 Å². The van der Waals surface area contributed by atoms with Crippen molar-refractivity contribution < 1.29 is 9.59 Å². The summed E-state index contributed by atoms with van der Waals surface area (Å²) >= 11 is 7.08. The van der Waals surface area contributed by atoms with Crippen molar-refractivity contribution in [2.45, 2.75) is 32.6 Å². The van der Waals surface area contributed by atoms with Crippen molar-refractivity contribution in [3.63, 3.8) is 0 Å². The number of aromatic nitrogens is 1. The summed E-state index contributed by atoms with van der Waals surface area (Å²) in [5.41, 5.74) is 0.788. The first-order valence-corrected chi connectivity index (χ1v) is 8.05. The summed E-state index contributed by atoms with van der Waals surface area (Å²) in [5.74, 6) is 0.304. The zero-order chi connectivity index (χ0) is 15.0. The quantitative estimate of drug-likeness (QED) is 0.744. The predicted molar refractivity (Wildman–Crippen MR) is 80.9 cm³/mol. The van der Waals surface area contributed by atoms with Gasteiger partial charge in [-0.1, -0.05) is 0 Å². The Labute approximate surface area is 128 Å². The second kappa shape index (κ2) is 8.92. The molecule has 1 aromatic rings. The number of hydrogen-bond acceptors (Lipinski definition) is 4. The third-order valence-corrected chi connectivity index (χ3v) is 4.00. The maximum Gasteiger partial charge on any atom is 0.226 e. The fourth-order valence-electron chi connectivity index (χ4n) is 1.73. The van der Waals surface area contributed by atoms with Crippen molar-refractivity contribution in [2.24, 2.45) is 0 Å². The molecule has 0 saturated heterocycles. The van der Waals surface area contributed by atoms with E-state index in [0.29, 0.717) is 31.9 Å². The molecule has 0 saturated carbocycles. The Balaban J connectivity index is 2.28. The average Bonchev–Trinajstić information content (AvgIpc) is 2.87. The van der Waals surface area contributed by atoms with Crippen LogP contribution in [0.3, 0.4) is 0 Å². The highest BCUT2D eigenvalue weighted by Gasteiger charge is 2.11. The standard InChI is InChI=1S/C13H20ClN3O2S/c1-3-17(4-2)13(19)5-6-15-11(18)7-12-16-10(8-14)9-20-12/h9H,3-8H2,1-2H3,(H,15,18). The number of alkyl halides is 1. The Bertz CT molecular complexity index is 447. The fraction of sp³-hybridized carbons (Fsp3) is 0.615. The van der Waals surface area contributed by atoms with Gasteiger partial charge in [0.2, 0.25) is 11.8 Å². The van der Waals surface area contributed by atoms with E-state index in [-0.39, 0.29) is 18.2 Å². The SMILES string of the molecule is CCN(CC)C(=O)CCNC(=O)Cc1nc(CCl)cs1. The van der Waals surface area contributed by atoms with Crippen LogP contribution in [0.25, 0.3) is 0 Å². The molecule has 0 fully saturated rings. The number of carbonyl (C=O) groups is 2. The normalized spacial score (nSPS) is 10.3. The largest absolute Gasteiger partial charge is 0.355 e. The van der Waals surface area contributed by atoms with Crippen LogP contribution in [0.4, 0.5) is 0 Å². The van der Waals surface area contributed by atoms with Gasteiger partial charge < -0.3 is 10.2 Å². The molecule has 0 radical (unpaired) electrons. The molecule has 112 valence electrons. The Morgan fingerprint density at radius 3 is 2.65 bits per heavy atom. The number of nitrogens with zero attached hydrogens (tertiary/aromatic N) is 2. The van der Waals surface area contributed by atoms with Gasteiger partial charge in [-0.2, -0.15) is 0 Å². The lowest BCUT2D eigenvalue weighted by Crippen LogP contribution is -2.34. The van der Waals surface area contributed by atoms with Gasteiger partial charge in [-0.15, -0.1) is 22.9 Å². The highest BCUT2D eigenvalue weighted by molar-refractivity contribution is 7.09. The van der Waals surface area contributed by atoms with Crippen LogP contribution < -0.4 is 5.32 Å². The number of amides is 2. The van der Waals surface area contributed by atoms with Crippen LogP contribution in [0.5, 0.6) is 0 Å². The predicted octanol–water partition coefficient (Wildman–Crippen LogP) is 1.80. The second-order valence-corrected chi connectivity index (χ2v) is 5.42. The molecule has 5 nitrogen and oxygen atoms in total. The molecule has 1 rings (SSSR count). The summed E-state index contributed by atoms with van der Waals surface area (Å²) in [7, 11) is 0. The summed E-state index contributed by atoms with van der Waals surface area (Å²) in [6.07, 6.45) is 0.569. The Morgan fingerprint density at radius 2 is 2.10 bits per heavy atom. The van der Waals surface area contributed by atoms with Crippen LogP contribution in [-0.4, -0.2) is 41.3 Å². The van der Waals surface area contributed by atoms with Crippen molar-refractivity contribution in [2.75, 3.05) is 19.6 Å². The minimum atomic E-state index is -0.118. The van der Waals surface area contributed by atoms with Crippen LogP contribution in [0.1, 0.15) is 31.0 Å². The monoisotopic (exact) mass is 317 g/mol. The van der Waals surface area contributed by atoms with E-state index in [1.54, 1.807) is 4.90 Å². The van der Waals surface area contributed by atoms with E-state index in [0.717, 1.165) is 10.7 Å². The molecule has 0 aliphatic carbocycles. The summed E-state index contributed by atoms with van der Waals surface area (Å²) in [4.78, 5) is 29.4. The van der Waals surface area contributed by atoms with Crippen molar-refractivity contribution in [1.29, 1.82) is 0 Å². The van der Waals surface area contributed by atoms with Crippen molar-refractivity contribution in [3.8, 4) is 0 Å². The molecule has 2 amide bonds. The Kier molecular flexibility index (Phi) is 7.54. The molecule has 0 aromatic carbocycles. The topological polar surface area (TPSA) is 62.3 Å². The summed E-state index contributed by atoms with van der Waals surface area (Å²) in [6.45, 7) is 5.64. The number of nitrogens with one attached hydrogen (secondary N) is 1. The minimum absolute atomic E-state index is 0.0639. The number of hydrogen-bond donors (Lipinski definition) is 1. The smallest absolute Gasteiger partial charge is 0.226 e. The molecule has 7 heteroatoms. The van der Waals surface area contributed by atoms with Crippen molar-refractivity contribution in [1.82, 2.24) is 15.2 Å². The molecule has 0 spiro atoms. The van der Waals surface area contributed by atoms with Gasteiger partial charge in [0, 0.05) is 31.4 Å². The fourth-order valence-corrected chi connectivity index (χ4v) is 2.76. The number of halogens is 1. The molecule has 0 aliphatic rings. The van der Waals surface area contributed by atoms with E-state index in [9.17, 15) is 9.59 Å². The molecular formula is C13H20ClN3O2S. The maximum atomic E-state index is 11.7. The summed E-state index contributed by atoms with van der Waals surface area (Å²) < 4.78 is 0. The van der Waals surface area contributed by atoms with Gasteiger partial charge in [-0.3, -0.25) is 9.59 Å². The first-order valence-electron chi connectivity index (χ1n) is 6.64. The summed E-state index contributed by atoms with van der Waals surface area (Å²) in [6, 6.07) is 0. The molecular weight excluding hydrogens is 298 g/mol. The summed E-state index contributed by atoms with van der Waals surface area (Å²) in [5, 5.41) is 5.33. The maximum absolute atomic E-state index is 11.7. The van der Waals surface area contributed by atoms with Gasteiger partial charge in [0.1, 0.15) is 5.01 Å². The number of rotatable bonds is 8. The van der Waals surface area contributed by atoms with Gasteiger partial charge in [0.05, 0.1) is 18.0 Å². The molecule has 0 atom stereocenters. The van der Waals surface area contributed by atoms with Crippen LogP contribution in [0, 0.1) is 0 Å². The third-order valence-electron chi connectivity index (χ3n) is 2.83. The van der Waals surface area contributed by atoms with E-state index < -0.39 is 0 Å². The second-order valence-electron chi connectivity index (χ2n) is 4.21. The highest BCUT2D eigenvalue weighted by Crippen LogP contribution is 2.11. The molecule has 1 aromatic heterocycles. The molecule has 0 unspecified atom stereocenters. The molecule has 20 heavy (non-hydrogen) atoms. The van der Waals surface area contributed by atoms with Gasteiger partial charge in [0.25, 0.3) is 0 Å². The van der Waals surface area contributed by atoms with Crippen LogP contribution in [-0.2, 0) is 21.9 Å². The van der Waals surface area contributed by atoms with Crippen LogP contribution in [0.15, 0.2) is 5.38 Å². The molecule has 0 aliphatic heterocycles. The minimum Gasteiger partial charge on any atom is -0.355 e. The van der Waals surface area contributed by atoms with Crippen molar-refractivity contribution >= 4 is 34.8 Å². The van der Waals surface area contributed by atoms with Crippen LogP contribution >= 0.6 is 22.9 Å². The van der Waals surface area contributed by atoms with Gasteiger partial charge >= 0.3 is 0 Å². The number of thiazole rings is 1. The zero-order valence-electron chi connectivity index (χ0n) is 11.8. The zero-order valence-corrected chi connectivity index (χ0v) is 13.4. The molecule has 1 heterocycles. The molecule has 1 N–H and O–H groups in total. The lowest BCUT2D eigenvalue weighted by atomic mass is 10.3. The van der Waals surface area contributed by atoms with Crippen LogP contribution in [0.2, 0.25) is 0 Å². The van der Waals surface area contributed by atoms with Gasteiger partial charge in [-0.05, 0) is 13.8 Å². The van der Waals surface area contributed by atoms with Crippen molar-refractivity contribution in [3.05, 3.63) is 16.1 Å². The Morgan fingerprint density at radius 1 is 1.40 bits per heavy atom. The van der Waals surface area contributed by atoms with E-state index in [4.69, 9.17) is 11.6 Å². The van der Waals surface area contributed by atoms with E-state index in [1.807, 2.05) is 19.2 Å². The first-order chi connectivity index (χ1) is 9.60. The Hall–Kier alpha value is -1.14. The van der Waals surface area contributed by atoms with Gasteiger partial charge in [0.15, 0.2) is 0 Å². The first kappa shape index (κ1) is 16.9. The van der Waals surface area contributed by atoms with Gasteiger partial charge in [-0.25, -0.2) is 4.98 Å². The lowest BCUT2D eigenvalue weighted by molar-refractivity contribution is -0.130. The lowest BCUT2D eigenvalue weighted by Gasteiger charge is -2.18. The van der Waals surface area contributed by atoms with E-state index in [1.165, 1.54) is 11.3 Å². The highest BCUT2D eigenvalue weighted by atomic mass is 35.5. The molecule has 0 bridgehead atoms. The average molecular weight is 318 g/mol. The third kappa shape index (κ3) is 5.46. The van der Waals surface area contributed by atoms with E-state index in [2.05, 4.69) is 10.3 Å².